The Morgan fingerprint density at radius 2 is 1.12 bits per heavy atom. The maximum Gasteiger partial charge on any atom is 0.490 e. The first-order valence-corrected chi connectivity index (χ1v) is 26.7. The van der Waals surface area contributed by atoms with Crippen molar-refractivity contribution in [2.24, 2.45) is 28.1 Å². The summed E-state index contributed by atoms with van der Waals surface area (Å²) in [7, 11) is 0. The van der Waals surface area contributed by atoms with E-state index in [9.17, 15) is 46.3 Å². The number of hydrogen-bond donors (Lipinski definition) is 12. The van der Waals surface area contributed by atoms with E-state index in [2.05, 4.69) is 47.2 Å². The number of aromatic amines is 2. The first kappa shape index (κ1) is 62.1. The molecule has 27 heteroatoms. The van der Waals surface area contributed by atoms with Crippen molar-refractivity contribution in [2.45, 2.75) is 101 Å². The molecule has 0 unspecified atom stereocenters. The lowest BCUT2D eigenvalue weighted by Gasteiger charge is -2.32. The van der Waals surface area contributed by atoms with Crippen molar-refractivity contribution < 1.29 is 56.2 Å². The van der Waals surface area contributed by atoms with Crippen LogP contribution in [0.2, 0.25) is 0 Å². The number of para-hydroxylation sites is 2. The summed E-state index contributed by atoms with van der Waals surface area (Å²) in [4.78, 5) is 106. The Morgan fingerprint density at radius 1 is 0.642 bits per heavy atom. The number of rotatable bonds is 16. The molecule has 1 aliphatic heterocycles. The Balaban J connectivity index is 0.00000141. The predicted octanol–water partition coefficient (Wildman–Crippen LogP) is 2.25. The van der Waals surface area contributed by atoms with Gasteiger partial charge in [-0.1, -0.05) is 67.8 Å². The number of aromatic nitrogens is 2. The van der Waals surface area contributed by atoms with Crippen molar-refractivity contribution in [3.8, 4) is 0 Å². The van der Waals surface area contributed by atoms with Crippen LogP contribution in [0.4, 0.5) is 17.6 Å². The molecule has 81 heavy (non-hydrogen) atoms. The second kappa shape index (κ2) is 30.4. The highest BCUT2D eigenvalue weighted by atomic mass is 19.4. The Morgan fingerprint density at radius 3 is 1.65 bits per heavy atom. The highest BCUT2D eigenvalue weighted by Crippen LogP contribution is 2.25. The molecule has 15 N–H and O–H groups in total. The number of carboxylic acid groups (broad SMARTS) is 1. The van der Waals surface area contributed by atoms with Gasteiger partial charge in [0.05, 0.1) is 19.6 Å². The SMILES string of the molecule is NCCCCN1CC(=O)N[C@@H](Cc2c[nH]c3ccccc23)C(=O)NN(Cc2ccc(F)cc2)CC(=O)N[C@@H](Cc2c[nH]c3ccccc23)C(=O)NN(CC2CCCCC2)CC(=O)N[C@@H](CCCN=C(N)N)C(=O)N1.O=C(O)C(F)(F)F. The zero-order chi connectivity index (χ0) is 58.5. The molecule has 3 heterocycles. The number of hydrogen-bond acceptors (Lipinski definition) is 12. The molecule has 1 saturated carbocycles. The number of hydrazine groups is 3. The highest BCUT2D eigenvalue weighted by molar-refractivity contribution is 5.93. The van der Waals surface area contributed by atoms with E-state index in [-0.39, 0.29) is 57.3 Å². The van der Waals surface area contributed by atoms with Gasteiger partial charge in [0, 0.05) is 73.2 Å². The smallest absolute Gasteiger partial charge is 0.475 e. The monoisotopic (exact) mass is 1130 g/mol. The first-order chi connectivity index (χ1) is 38.7. The molecule has 2 aromatic heterocycles. The van der Waals surface area contributed by atoms with Crippen molar-refractivity contribution in [1.29, 1.82) is 0 Å². The number of unbranched alkanes of at least 4 members (excludes halogenated alkanes) is 1. The van der Waals surface area contributed by atoms with Gasteiger partial charge in [0.2, 0.25) is 17.7 Å². The fraction of sp³-hybridized carbons (Fsp3) is 0.444. The van der Waals surface area contributed by atoms with Gasteiger partial charge in [-0.25, -0.2) is 24.2 Å². The lowest BCUT2D eigenvalue weighted by Crippen LogP contribution is -2.58. The summed E-state index contributed by atoms with van der Waals surface area (Å²) in [6.07, 6.45) is 4.76. The second-order valence-electron chi connectivity index (χ2n) is 20.0. The van der Waals surface area contributed by atoms with Crippen molar-refractivity contribution >= 4 is 69.2 Å². The van der Waals surface area contributed by atoms with Crippen molar-refractivity contribution in [2.75, 3.05) is 45.8 Å². The fourth-order valence-electron chi connectivity index (χ4n) is 9.57. The number of carbonyl (C=O) groups excluding carboxylic acids is 6. The third kappa shape index (κ3) is 20.2. The minimum absolute atomic E-state index is 0.00578. The van der Waals surface area contributed by atoms with Gasteiger partial charge in [0.1, 0.15) is 23.9 Å². The molecule has 7 rings (SSSR count). The lowest BCUT2D eigenvalue weighted by atomic mass is 9.89. The lowest BCUT2D eigenvalue weighted by molar-refractivity contribution is -0.192. The number of aliphatic imine (C=N–C) groups is 1. The number of halogens is 4. The summed E-state index contributed by atoms with van der Waals surface area (Å²) in [6, 6.07) is 17.0. The highest BCUT2D eigenvalue weighted by Gasteiger charge is 2.38. The molecule has 1 saturated heterocycles. The minimum atomic E-state index is -5.08. The number of guanidine groups is 1. The Kier molecular flexibility index (Phi) is 23.3. The van der Waals surface area contributed by atoms with E-state index < -0.39 is 84.6 Å². The van der Waals surface area contributed by atoms with Crippen LogP contribution in [0.25, 0.3) is 21.8 Å². The van der Waals surface area contributed by atoms with Crippen molar-refractivity contribution in [3.05, 3.63) is 108 Å². The van der Waals surface area contributed by atoms with E-state index in [0.29, 0.717) is 43.5 Å². The van der Waals surface area contributed by atoms with E-state index in [4.69, 9.17) is 27.1 Å². The number of fused-ring (bicyclic) bond motifs is 2. The summed E-state index contributed by atoms with van der Waals surface area (Å²) in [5.41, 5.74) is 29.3. The summed E-state index contributed by atoms with van der Waals surface area (Å²) in [5.74, 6) is -6.97. The third-order valence-electron chi connectivity index (χ3n) is 13.5. The van der Waals surface area contributed by atoms with E-state index in [1.54, 1.807) is 12.4 Å². The Labute approximate surface area is 464 Å². The van der Waals surface area contributed by atoms with Gasteiger partial charge in [-0.2, -0.15) is 13.2 Å². The molecular formula is C54H71F4N15O8. The van der Waals surface area contributed by atoms with Crippen molar-refractivity contribution in [1.82, 2.24) is 57.2 Å². The molecular weight excluding hydrogens is 1060 g/mol. The van der Waals surface area contributed by atoms with Gasteiger partial charge in [-0.3, -0.25) is 50.0 Å². The molecule has 6 amide bonds. The number of nitrogens with two attached hydrogens (primary N) is 3. The number of aliphatic carboxylic acids is 1. The molecule has 23 nitrogen and oxygen atoms in total. The molecule has 2 aliphatic rings. The number of benzene rings is 3. The Bertz CT molecular complexity index is 2940. The van der Waals surface area contributed by atoms with Crippen LogP contribution in [-0.4, -0.2) is 148 Å². The first-order valence-electron chi connectivity index (χ1n) is 26.7. The fourth-order valence-corrected chi connectivity index (χ4v) is 9.57. The van der Waals surface area contributed by atoms with Crippen LogP contribution in [0.1, 0.15) is 74.5 Å². The van der Waals surface area contributed by atoms with Gasteiger partial charge in [-0.05, 0) is 91.9 Å². The van der Waals surface area contributed by atoms with E-state index in [1.807, 2.05) is 48.5 Å². The number of nitrogens with one attached hydrogen (secondary N) is 8. The number of H-pyrrole nitrogens is 2. The molecule has 1 aliphatic carbocycles. The molecule has 5 aromatic rings. The normalized spacial score (nSPS) is 19.4. The average molecular weight is 1130 g/mol. The standard InChI is InChI=1S/C52H70FN15O6.C2HF3O2/c53-38-20-18-35(19-21-38)30-68-33-48(71)62-45(26-37-28-59-42-16-7-5-14-40(37)42)51(74)64-67(29-34-11-2-1-3-12-34)32-47(70)60-43(17-10-23-57-52(55)56)49(72)63-66(24-9-8-22-54)31-46(69)61-44(50(73)65-68)25-36-27-58-41-15-6-4-13-39(36)41;3-2(4,5)1(6)7/h4-7,13-16,18-21,27-28,34,43-45,58-59H,1-3,8-12,17,22-26,29-33,54H2,(H,60,70)(H,61,69)(H,62,71)(H,63,72)(H,64,74)(H,65,73)(H4,55,56,57);(H,6,7)/t43-,44-,45-;/m0./s1. The van der Waals surface area contributed by atoms with E-state index in [0.717, 1.165) is 59.5 Å². The zero-order valence-electron chi connectivity index (χ0n) is 44.7. The molecule has 438 valence electrons. The number of alkyl halides is 3. The molecule has 0 radical (unpaired) electrons. The zero-order valence-corrected chi connectivity index (χ0v) is 44.7. The minimum Gasteiger partial charge on any atom is -0.475 e. The van der Waals surface area contributed by atoms with Crippen LogP contribution in [0.15, 0.2) is 90.2 Å². The summed E-state index contributed by atoms with van der Waals surface area (Å²) in [5, 5.41) is 21.7. The summed E-state index contributed by atoms with van der Waals surface area (Å²) in [6.45, 7) is -0.275. The maximum absolute atomic E-state index is 14.8. The van der Waals surface area contributed by atoms with Crippen molar-refractivity contribution in [3.63, 3.8) is 0 Å². The van der Waals surface area contributed by atoms with E-state index in [1.165, 1.54) is 39.3 Å². The summed E-state index contributed by atoms with van der Waals surface area (Å²) < 4.78 is 45.9. The molecule has 2 fully saturated rings. The molecule has 3 aromatic carbocycles. The van der Waals surface area contributed by atoms with Crippen LogP contribution in [0.3, 0.4) is 0 Å². The third-order valence-corrected chi connectivity index (χ3v) is 13.5. The predicted molar refractivity (Wildman–Crippen MR) is 293 cm³/mol. The van der Waals surface area contributed by atoms with E-state index >= 15 is 0 Å². The van der Waals surface area contributed by atoms with Crippen LogP contribution in [-0.2, 0) is 52.9 Å². The molecule has 0 spiro atoms. The van der Waals surface area contributed by atoms with Gasteiger partial charge < -0.3 is 48.2 Å². The number of carbonyl (C=O) groups is 7. The maximum atomic E-state index is 14.8. The molecule has 0 bridgehead atoms. The van der Waals surface area contributed by atoms with Gasteiger partial charge in [-0.15, -0.1) is 0 Å². The number of carboxylic acids is 1. The second-order valence-corrected chi connectivity index (χ2v) is 20.0. The average Bonchev–Trinajstić information content (AvgIpc) is 4.28. The van der Waals surface area contributed by atoms with Crippen LogP contribution in [0.5, 0.6) is 0 Å². The topological polar surface area (TPSA) is 344 Å². The van der Waals surface area contributed by atoms with Gasteiger partial charge >= 0.3 is 12.1 Å². The molecule has 3 atom stereocenters. The number of nitrogens with zero attached hydrogens (tertiary/aromatic N) is 4. The summed E-state index contributed by atoms with van der Waals surface area (Å²) >= 11 is 0. The van der Waals surface area contributed by atoms with Gasteiger partial charge in [0.15, 0.2) is 5.96 Å². The number of amides is 6. The van der Waals surface area contributed by atoms with Crippen LogP contribution < -0.4 is 49.4 Å². The Hall–Kier alpha value is -8.14. The van der Waals surface area contributed by atoms with Crippen LogP contribution in [0, 0.1) is 11.7 Å². The van der Waals surface area contributed by atoms with Crippen LogP contribution >= 0.6 is 0 Å². The van der Waals surface area contributed by atoms with Gasteiger partial charge in [0.25, 0.3) is 17.7 Å². The largest absolute Gasteiger partial charge is 0.490 e. The quantitative estimate of drug-likeness (QED) is 0.0292.